The van der Waals surface area contributed by atoms with Crippen LogP contribution in [0.1, 0.15) is 32.1 Å². The van der Waals surface area contributed by atoms with Crippen LogP contribution in [0.4, 0.5) is 0 Å². The molecule has 1 saturated carbocycles. The predicted octanol–water partition coefficient (Wildman–Crippen LogP) is 1.40. The second kappa shape index (κ2) is 7.52. The number of rotatable bonds is 6. The summed E-state index contributed by atoms with van der Waals surface area (Å²) in [5, 5.41) is 0. The van der Waals surface area contributed by atoms with E-state index in [1.54, 1.807) is 4.90 Å². The monoisotopic (exact) mass is 254 g/mol. The lowest BCUT2D eigenvalue weighted by Crippen LogP contribution is -2.36. The van der Waals surface area contributed by atoms with Crippen molar-refractivity contribution < 1.29 is 9.59 Å². The number of carbonyl (C=O) groups is 2. The number of hydrogen-bond acceptors (Lipinski definition) is 3. The topological polar surface area (TPSA) is 40.6 Å². The average Bonchev–Trinajstić information content (AvgIpc) is 2.36. The molecular weight excluding hydrogens is 228 g/mol. The highest BCUT2D eigenvalue weighted by Gasteiger charge is 2.27. The summed E-state index contributed by atoms with van der Waals surface area (Å²) in [5.74, 6) is 0.547. The van der Waals surface area contributed by atoms with Crippen molar-refractivity contribution in [2.24, 2.45) is 11.8 Å². The number of aldehydes is 1. The van der Waals surface area contributed by atoms with Gasteiger partial charge in [0.2, 0.25) is 5.91 Å². The van der Waals surface area contributed by atoms with Crippen LogP contribution in [0, 0.1) is 11.8 Å². The van der Waals surface area contributed by atoms with Crippen LogP contribution >= 0.6 is 0 Å². The zero-order chi connectivity index (χ0) is 13.5. The number of carbonyl (C=O) groups excluding carboxylic acids is 2. The second-order valence-corrected chi connectivity index (χ2v) is 5.67. The van der Waals surface area contributed by atoms with E-state index in [4.69, 9.17) is 0 Å². The van der Waals surface area contributed by atoms with E-state index in [0.717, 1.165) is 45.1 Å². The maximum Gasteiger partial charge on any atom is 0.222 e. The molecule has 0 aliphatic heterocycles. The van der Waals surface area contributed by atoms with Crippen LogP contribution in [0.5, 0.6) is 0 Å². The van der Waals surface area contributed by atoms with E-state index in [1.165, 1.54) is 0 Å². The van der Waals surface area contributed by atoms with E-state index in [9.17, 15) is 9.59 Å². The quantitative estimate of drug-likeness (QED) is 0.673. The molecule has 1 fully saturated rings. The van der Waals surface area contributed by atoms with Crippen LogP contribution in [-0.4, -0.2) is 56.2 Å². The molecule has 0 radical (unpaired) electrons. The molecule has 1 amide bonds. The minimum atomic E-state index is 0.102. The third-order valence-electron chi connectivity index (χ3n) is 3.89. The van der Waals surface area contributed by atoms with Gasteiger partial charge in [0, 0.05) is 32.5 Å². The molecule has 0 N–H and O–H groups in total. The first kappa shape index (κ1) is 15.2. The highest BCUT2D eigenvalue weighted by molar-refractivity contribution is 5.76. The summed E-state index contributed by atoms with van der Waals surface area (Å²) < 4.78 is 0. The summed E-state index contributed by atoms with van der Waals surface area (Å²) in [6, 6.07) is 0. The Morgan fingerprint density at radius 1 is 1.17 bits per heavy atom. The van der Waals surface area contributed by atoms with Gasteiger partial charge in [-0.2, -0.15) is 0 Å². The molecule has 4 heteroatoms. The molecule has 0 aromatic rings. The molecule has 0 unspecified atom stereocenters. The fourth-order valence-corrected chi connectivity index (χ4v) is 2.52. The van der Waals surface area contributed by atoms with Crippen molar-refractivity contribution in [2.75, 3.05) is 34.2 Å². The molecule has 18 heavy (non-hydrogen) atoms. The Labute approximate surface area is 110 Å². The van der Waals surface area contributed by atoms with Gasteiger partial charge in [0.1, 0.15) is 6.29 Å². The van der Waals surface area contributed by atoms with E-state index in [1.807, 2.05) is 21.1 Å². The number of amides is 1. The lowest BCUT2D eigenvalue weighted by molar-refractivity contribution is -0.132. The van der Waals surface area contributed by atoms with Crippen LogP contribution in [0.2, 0.25) is 0 Å². The lowest BCUT2D eigenvalue weighted by atomic mass is 9.78. The molecule has 0 heterocycles. The van der Waals surface area contributed by atoms with Crippen LogP contribution in [0.15, 0.2) is 0 Å². The molecule has 0 spiro atoms. The van der Waals surface area contributed by atoms with Crippen molar-refractivity contribution >= 4 is 12.2 Å². The summed E-state index contributed by atoms with van der Waals surface area (Å²) in [7, 11) is 5.86. The normalized spacial score (nSPS) is 24.0. The molecule has 0 aromatic carbocycles. The summed E-state index contributed by atoms with van der Waals surface area (Å²) in [4.78, 5) is 26.9. The summed E-state index contributed by atoms with van der Waals surface area (Å²) in [6.45, 7) is 1.63. The summed E-state index contributed by atoms with van der Waals surface area (Å²) >= 11 is 0. The summed E-state index contributed by atoms with van der Waals surface area (Å²) in [5.41, 5.74) is 0. The Balaban J connectivity index is 2.39. The lowest BCUT2D eigenvalue weighted by Gasteiger charge is -2.29. The van der Waals surface area contributed by atoms with Gasteiger partial charge in [0.25, 0.3) is 0 Å². The maximum atomic E-state index is 12.1. The van der Waals surface area contributed by atoms with Crippen LogP contribution in [0.3, 0.4) is 0 Å². The van der Waals surface area contributed by atoms with Crippen molar-refractivity contribution in [2.45, 2.75) is 32.1 Å². The number of nitrogens with zero attached hydrogens (tertiary/aromatic N) is 2. The van der Waals surface area contributed by atoms with Gasteiger partial charge in [0.15, 0.2) is 0 Å². The van der Waals surface area contributed by atoms with Gasteiger partial charge in [-0.25, -0.2) is 0 Å². The van der Waals surface area contributed by atoms with Crippen molar-refractivity contribution in [3.8, 4) is 0 Å². The first-order valence-corrected chi connectivity index (χ1v) is 6.88. The second-order valence-electron chi connectivity index (χ2n) is 5.67. The third kappa shape index (κ3) is 4.77. The highest BCUT2D eigenvalue weighted by atomic mass is 16.2. The molecule has 0 bridgehead atoms. The fourth-order valence-electron chi connectivity index (χ4n) is 2.52. The molecular formula is C14H26N2O2. The first-order chi connectivity index (χ1) is 8.54. The van der Waals surface area contributed by atoms with Gasteiger partial charge in [0.05, 0.1) is 0 Å². The Morgan fingerprint density at radius 3 is 2.44 bits per heavy atom. The Morgan fingerprint density at radius 2 is 1.83 bits per heavy atom. The zero-order valence-corrected chi connectivity index (χ0v) is 11.9. The van der Waals surface area contributed by atoms with Gasteiger partial charge < -0.3 is 14.6 Å². The average molecular weight is 254 g/mol. The van der Waals surface area contributed by atoms with Crippen molar-refractivity contribution in [3.05, 3.63) is 0 Å². The molecule has 2 atom stereocenters. The number of hydrogen-bond donors (Lipinski definition) is 0. The van der Waals surface area contributed by atoms with Gasteiger partial charge >= 0.3 is 0 Å². The first-order valence-electron chi connectivity index (χ1n) is 6.88. The van der Waals surface area contributed by atoms with Crippen molar-refractivity contribution in [3.63, 3.8) is 0 Å². The molecule has 104 valence electrons. The van der Waals surface area contributed by atoms with E-state index in [-0.39, 0.29) is 17.7 Å². The van der Waals surface area contributed by atoms with Gasteiger partial charge in [-0.05, 0) is 32.9 Å². The molecule has 0 saturated heterocycles. The minimum absolute atomic E-state index is 0.102. The molecule has 1 aliphatic carbocycles. The summed E-state index contributed by atoms with van der Waals surface area (Å²) in [6.07, 6.45) is 5.86. The molecule has 1 rings (SSSR count). The Hall–Kier alpha value is -0.900. The van der Waals surface area contributed by atoms with Gasteiger partial charge in [-0.15, -0.1) is 0 Å². The van der Waals surface area contributed by atoms with E-state index >= 15 is 0 Å². The van der Waals surface area contributed by atoms with Crippen LogP contribution < -0.4 is 0 Å². The van der Waals surface area contributed by atoms with Crippen molar-refractivity contribution in [1.82, 2.24) is 9.80 Å². The minimum Gasteiger partial charge on any atom is -0.344 e. The Bertz CT molecular complexity index is 279. The molecule has 0 aromatic heterocycles. The smallest absolute Gasteiger partial charge is 0.222 e. The van der Waals surface area contributed by atoms with Crippen LogP contribution in [-0.2, 0) is 9.59 Å². The van der Waals surface area contributed by atoms with Gasteiger partial charge in [-0.3, -0.25) is 4.79 Å². The van der Waals surface area contributed by atoms with Crippen LogP contribution in [0.25, 0.3) is 0 Å². The maximum absolute atomic E-state index is 12.1. The number of likely N-dealkylation sites (N-methyl/N-ethyl adjacent to an activating group) is 2. The largest absolute Gasteiger partial charge is 0.344 e. The van der Waals surface area contributed by atoms with Gasteiger partial charge in [-0.1, -0.05) is 12.8 Å². The Kier molecular flexibility index (Phi) is 6.33. The molecule has 1 aliphatic rings. The van der Waals surface area contributed by atoms with Crippen molar-refractivity contribution in [1.29, 1.82) is 0 Å². The van der Waals surface area contributed by atoms with E-state index in [0.29, 0.717) is 6.42 Å². The zero-order valence-electron chi connectivity index (χ0n) is 11.9. The SMILES string of the molecule is CN(C)CCN(C)C(=O)C[C@H]1CCCC[C@H]1C=O. The molecule has 4 nitrogen and oxygen atoms in total. The third-order valence-corrected chi connectivity index (χ3v) is 3.89. The predicted molar refractivity (Wildman–Crippen MR) is 72.3 cm³/mol. The fraction of sp³-hybridized carbons (Fsp3) is 0.857. The van der Waals surface area contributed by atoms with E-state index in [2.05, 4.69) is 4.90 Å². The highest BCUT2D eigenvalue weighted by Crippen LogP contribution is 2.31. The van der Waals surface area contributed by atoms with E-state index < -0.39 is 0 Å². The standard InChI is InChI=1S/C14H26N2O2/c1-15(2)8-9-16(3)14(18)10-12-6-4-5-7-13(12)11-17/h11-13H,4-10H2,1-3H3/t12-,13+/m1/s1.